The summed E-state index contributed by atoms with van der Waals surface area (Å²) in [7, 11) is 1.73. The SMILES string of the molecule is CNC1CCSC1(O)O. The fourth-order valence-corrected chi connectivity index (χ4v) is 2.04. The van der Waals surface area contributed by atoms with Gasteiger partial charge in [-0.1, -0.05) is 11.8 Å². The number of thioether (sulfide) groups is 1. The first kappa shape index (κ1) is 7.34. The van der Waals surface area contributed by atoms with E-state index in [4.69, 9.17) is 10.2 Å². The molecule has 1 aliphatic heterocycles. The number of hydrogen-bond acceptors (Lipinski definition) is 4. The summed E-state index contributed by atoms with van der Waals surface area (Å²) in [5, 5.41) is 19.5. The van der Waals surface area contributed by atoms with E-state index in [1.54, 1.807) is 7.05 Å². The summed E-state index contributed by atoms with van der Waals surface area (Å²) >= 11 is 1.18. The van der Waals surface area contributed by atoms with Crippen molar-refractivity contribution < 1.29 is 10.2 Å². The fourth-order valence-electron chi connectivity index (χ4n) is 0.948. The Kier molecular flexibility index (Phi) is 2.00. The lowest BCUT2D eigenvalue weighted by Crippen LogP contribution is -2.43. The van der Waals surface area contributed by atoms with Crippen molar-refractivity contribution in [1.82, 2.24) is 5.32 Å². The smallest absolute Gasteiger partial charge is 0.229 e. The van der Waals surface area contributed by atoms with Gasteiger partial charge in [-0.15, -0.1) is 0 Å². The molecule has 1 unspecified atom stereocenters. The summed E-state index contributed by atoms with van der Waals surface area (Å²) in [5.41, 5.74) is 0. The van der Waals surface area contributed by atoms with Crippen LogP contribution < -0.4 is 5.32 Å². The molecule has 0 aromatic carbocycles. The minimum atomic E-state index is -1.53. The summed E-state index contributed by atoms with van der Waals surface area (Å²) in [6.07, 6.45) is 0.828. The van der Waals surface area contributed by atoms with Crippen LogP contribution in [0.3, 0.4) is 0 Å². The topological polar surface area (TPSA) is 52.5 Å². The van der Waals surface area contributed by atoms with Crippen molar-refractivity contribution in [3.63, 3.8) is 0 Å². The van der Waals surface area contributed by atoms with E-state index in [9.17, 15) is 0 Å². The van der Waals surface area contributed by atoms with Gasteiger partial charge in [0.15, 0.2) is 0 Å². The van der Waals surface area contributed by atoms with E-state index in [0.717, 1.165) is 12.2 Å². The minimum absolute atomic E-state index is 0.164. The Balaban J connectivity index is 2.52. The summed E-state index contributed by atoms with van der Waals surface area (Å²) in [4.78, 5) is 0. The molecule has 3 nitrogen and oxygen atoms in total. The lowest BCUT2D eigenvalue weighted by Gasteiger charge is -2.21. The van der Waals surface area contributed by atoms with Gasteiger partial charge in [0.1, 0.15) is 0 Å². The van der Waals surface area contributed by atoms with Crippen LogP contribution in [0, 0.1) is 0 Å². The molecular formula is C5H11NO2S. The van der Waals surface area contributed by atoms with Crippen LogP contribution in [-0.4, -0.2) is 34.2 Å². The van der Waals surface area contributed by atoms with Gasteiger partial charge in [0.2, 0.25) is 5.12 Å². The maximum Gasteiger partial charge on any atom is 0.229 e. The zero-order valence-electron chi connectivity index (χ0n) is 5.29. The first-order valence-electron chi connectivity index (χ1n) is 2.93. The molecule has 1 rings (SSSR count). The van der Waals surface area contributed by atoms with E-state index >= 15 is 0 Å². The van der Waals surface area contributed by atoms with Crippen molar-refractivity contribution in [2.75, 3.05) is 12.8 Å². The summed E-state index contributed by atoms with van der Waals surface area (Å²) in [6, 6.07) is -0.164. The standard InChI is InChI=1S/C5H11NO2S/c1-6-4-2-3-9-5(4,7)8/h4,6-8H,2-3H2,1H3. The molecule has 54 valence electrons. The molecule has 0 amide bonds. The molecule has 0 spiro atoms. The van der Waals surface area contributed by atoms with Crippen LogP contribution in [0.2, 0.25) is 0 Å². The highest BCUT2D eigenvalue weighted by Gasteiger charge is 2.39. The molecule has 4 heteroatoms. The molecule has 0 bridgehead atoms. The third kappa shape index (κ3) is 1.38. The van der Waals surface area contributed by atoms with Gasteiger partial charge in [-0.2, -0.15) is 0 Å². The van der Waals surface area contributed by atoms with Crippen molar-refractivity contribution in [3.8, 4) is 0 Å². The predicted octanol–water partition coefficient (Wildman–Crippen LogP) is -0.650. The lowest BCUT2D eigenvalue weighted by molar-refractivity contribution is -0.0949. The summed E-state index contributed by atoms with van der Waals surface area (Å²) in [6.45, 7) is 0. The molecule has 1 saturated heterocycles. The Morgan fingerprint density at radius 2 is 2.33 bits per heavy atom. The maximum absolute atomic E-state index is 9.11. The first-order chi connectivity index (χ1) is 4.17. The van der Waals surface area contributed by atoms with Gasteiger partial charge in [-0.25, -0.2) is 0 Å². The molecule has 0 aromatic rings. The highest BCUT2D eigenvalue weighted by molar-refractivity contribution is 8.00. The van der Waals surface area contributed by atoms with Crippen LogP contribution in [0.25, 0.3) is 0 Å². The second-order valence-corrected chi connectivity index (χ2v) is 3.43. The molecule has 0 saturated carbocycles. The molecule has 0 aromatic heterocycles. The zero-order chi connectivity index (χ0) is 6.91. The average Bonchev–Trinajstić information content (AvgIpc) is 2.08. The van der Waals surface area contributed by atoms with Gasteiger partial charge in [-0.3, -0.25) is 0 Å². The van der Waals surface area contributed by atoms with Crippen molar-refractivity contribution in [2.24, 2.45) is 0 Å². The Labute approximate surface area is 58.5 Å². The molecule has 1 fully saturated rings. The number of aliphatic hydroxyl groups is 2. The number of hydrogen-bond donors (Lipinski definition) is 3. The van der Waals surface area contributed by atoms with Gasteiger partial charge < -0.3 is 15.5 Å². The number of likely N-dealkylation sites (N-methyl/N-ethyl adjacent to an activating group) is 1. The number of nitrogens with one attached hydrogen (secondary N) is 1. The first-order valence-corrected chi connectivity index (χ1v) is 3.91. The summed E-state index contributed by atoms with van der Waals surface area (Å²) < 4.78 is 0. The maximum atomic E-state index is 9.11. The predicted molar refractivity (Wildman–Crippen MR) is 37.1 cm³/mol. The highest BCUT2D eigenvalue weighted by atomic mass is 32.2. The fraction of sp³-hybridized carbons (Fsp3) is 1.00. The van der Waals surface area contributed by atoms with E-state index in [2.05, 4.69) is 5.32 Å². The molecule has 9 heavy (non-hydrogen) atoms. The summed E-state index contributed by atoms with van der Waals surface area (Å²) in [5.74, 6) is 0.818. The molecule has 0 radical (unpaired) electrons. The van der Waals surface area contributed by atoms with Crippen LogP contribution in [0.5, 0.6) is 0 Å². The molecule has 1 aliphatic rings. The Morgan fingerprint density at radius 1 is 1.67 bits per heavy atom. The monoisotopic (exact) mass is 149 g/mol. The third-order valence-electron chi connectivity index (χ3n) is 1.52. The molecule has 1 heterocycles. The van der Waals surface area contributed by atoms with E-state index in [0.29, 0.717) is 0 Å². The average molecular weight is 149 g/mol. The second-order valence-electron chi connectivity index (χ2n) is 2.14. The van der Waals surface area contributed by atoms with Gasteiger partial charge in [0, 0.05) is 5.75 Å². The van der Waals surface area contributed by atoms with Gasteiger partial charge in [0.05, 0.1) is 6.04 Å². The minimum Gasteiger partial charge on any atom is -0.356 e. The van der Waals surface area contributed by atoms with Gasteiger partial charge >= 0.3 is 0 Å². The Morgan fingerprint density at radius 3 is 2.56 bits per heavy atom. The van der Waals surface area contributed by atoms with Crippen LogP contribution in [0.4, 0.5) is 0 Å². The normalized spacial score (nSPS) is 33.0. The Hall–Kier alpha value is 0.230. The zero-order valence-corrected chi connectivity index (χ0v) is 6.11. The van der Waals surface area contributed by atoms with Crippen molar-refractivity contribution >= 4 is 11.8 Å². The second kappa shape index (κ2) is 2.46. The third-order valence-corrected chi connectivity index (χ3v) is 2.67. The Bertz CT molecular complexity index is 107. The van der Waals surface area contributed by atoms with E-state index in [1.807, 2.05) is 0 Å². The molecule has 3 N–H and O–H groups in total. The lowest BCUT2D eigenvalue weighted by atomic mass is 10.2. The van der Waals surface area contributed by atoms with E-state index in [-0.39, 0.29) is 6.04 Å². The van der Waals surface area contributed by atoms with Crippen molar-refractivity contribution in [1.29, 1.82) is 0 Å². The quantitative estimate of drug-likeness (QED) is 0.434. The molecule has 0 aliphatic carbocycles. The van der Waals surface area contributed by atoms with Crippen molar-refractivity contribution in [3.05, 3.63) is 0 Å². The van der Waals surface area contributed by atoms with Crippen molar-refractivity contribution in [2.45, 2.75) is 17.6 Å². The largest absolute Gasteiger partial charge is 0.356 e. The highest BCUT2D eigenvalue weighted by Crippen LogP contribution is 2.32. The van der Waals surface area contributed by atoms with E-state index in [1.165, 1.54) is 11.8 Å². The van der Waals surface area contributed by atoms with Gasteiger partial charge in [-0.05, 0) is 13.5 Å². The number of rotatable bonds is 1. The van der Waals surface area contributed by atoms with E-state index < -0.39 is 5.12 Å². The molecule has 1 atom stereocenters. The van der Waals surface area contributed by atoms with Gasteiger partial charge in [0.25, 0.3) is 0 Å². The van der Waals surface area contributed by atoms with Crippen LogP contribution in [0.1, 0.15) is 6.42 Å². The van der Waals surface area contributed by atoms with Crippen LogP contribution in [-0.2, 0) is 0 Å². The van der Waals surface area contributed by atoms with Crippen LogP contribution in [0.15, 0.2) is 0 Å². The molecular weight excluding hydrogens is 138 g/mol. The van der Waals surface area contributed by atoms with Crippen LogP contribution >= 0.6 is 11.8 Å².